The second-order valence-electron chi connectivity index (χ2n) is 4.82. The summed E-state index contributed by atoms with van der Waals surface area (Å²) < 4.78 is 2.05. The molecule has 4 aromatic rings. The van der Waals surface area contributed by atoms with Crippen LogP contribution in [0.5, 0.6) is 0 Å². The molecule has 3 aromatic heterocycles. The molecule has 3 heterocycles. The van der Waals surface area contributed by atoms with Crippen LogP contribution in [0.2, 0.25) is 0 Å². The Morgan fingerprint density at radius 1 is 1.05 bits per heavy atom. The van der Waals surface area contributed by atoms with Crippen molar-refractivity contribution in [3.05, 3.63) is 41.2 Å². The number of aromatic amines is 1. The minimum Gasteiger partial charge on any atom is -0.384 e. The number of nitrogens with zero attached hydrogens (tertiary/aromatic N) is 4. The normalized spacial score (nSPS) is 11.3. The second-order valence-corrected chi connectivity index (χ2v) is 5.18. The molecule has 0 saturated heterocycles. The van der Waals surface area contributed by atoms with Gasteiger partial charge >= 0.3 is 0 Å². The van der Waals surface area contributed by atoms with Crippen LogP contribution in [0.3, 0.4) is 0 Å². The van der Waals surface area contributed by atoms with Gasteiger partial charge in [-0.1, -0.05) is 18.2 Å². The van der Waals surface area contributed by atoms with E-state index in [1.165, 1.54) is 0 Å². The van der Waals surface area contributed by atoms with Crippen molar-refractivity contribution in [2.45, 2.75) is 0 Å². The number of H-pyrrole nitrogens is 1. The van der Waals surface area contributed by atoms with E-state index in [4.69, 9.17) is 23.7 Å². The van der Waals surface area contributed by atoms with E-state index in [2.05, 4.69) is 20.2 Å². The summed E-state index contributed by atoms with van der Waals surface area (Å²) in [6.07, 6.45) is 0. The first-order valence-corrected chi connectivity index (χ1v) is 6.94. The molecule has 0 aliphatic rings. The quantitative estimate of drug-likeness (QED) is 0.465. The number of nitrogens with one attached hydrogen (secondary N) is 1. The van der Waals surface area contributed by atoms with Crippen LogP contribution in [0.4, 0.5) is 11.6 Å². The number of nitrogens with two attached hydrogens (primary N) is 2. The summed E-state index contributed by atoms with van der Waals surface area (Å²) in [6.45, 7) is 0. The number of pyridine rings is 1. The highest BCUT2D eigenvalue weighted by molar-refractivity contribution is 7.71. The molecule has 0 aliphatic heterocycles. The zero-order valence-corrected chi connectivity index (χ0v) is 12.1. The van der Waals surface area contributed by atoms with Gasteiger partial charge in [0, 0.05) is 5.69 Å². The van der Waals surface area contributed by atoms with E-state index in [0.717, 1.165) is 5.69 Å². The summed E-state index contributed by atoms with van der Waals surface area (Å²) in [6, 6.07) is 11.4. The molecule has 0 radical (unpaired) electrons. The van der Waals surface area contributed by atoms with Crippen molar-refractivity contribution in [3.8, 4) is 5.69 Å². The fraction of sp³-hybridized carbons (Fsp3) is 0. The van der Waals surface area contributed by atoms with Crippen LogP contribution < -0.4 is 11.5 Å². The van der Waals surface area contributed by atoms with Gasteiger partial charge in [-0.15, -0.1) is 0 Å². The Labute approximate surface area is 129 Å². The standard InChI is InChI=1S/C14H11N7S/c15-10-8-6-9-11(16)21(7-4-2-1-3-5-7)14(22)18-12(9)17-13(8)20-19-10/h1-6H,16H2,(H2,15,19)(H,17,18,20,22). The number of benzene rings is 1. The monoisotopic (exact) mass is 309 g/mol. The molecular formula is C14H11N7S. The predicted octanol–water partition coefficient (Wildman–Crippen LogP) is 2.19. The number of para-hydroxylation sites is 1. The van der Waals surface area contributed by atoms with E-state index in [1.54, 1.807) is 4.57 Å². The van der Waals surface area contributed by atoms with Crippen molar-refractivity contribution >= 4 is 45.9 Å². The van der Waals surface area contributed by atoms with Gasteiger partial charge in [-0.3, -0.25) is 9.67 Å². The Morgan fingerprint density at radius 2 is 1.82 bits per heavy atom. The average molecular weight is 309 g/mol. The van der Waals surface area contributed by atoms with Crippen LogP contribution in [0.1, 0.15) is 0 Å². The molecule has 0 bridgehead atoms. The molecule has 0 saturated carbocycles. The zero-order valence-electron chi connectivity index (χ0n) is 11.3. The molecule has 0 aliphatic carbocycles. The van der Waals surface area contributed by atoms with Gasteiger partial charge < -0.3 is 11.5 Å². The summed E-state index contributed by atoms with van der Waals surface area (Å²) in [5.41, 5.74) is 14.0. The lowest BCUT2D eigenvalue weighted by molar-refractivity contribution is 0.987. The number of hydrogen-bond acceptors (Lipinski definition) is 6. The Balaban J connectivity index is 2.13. The number of nitrogen functional groups attached to an aromatic ring is 2. The lowest BCUT2D eigenvalue weighted by Gasteiger charge is -2.12. The maximum atomic E-state index is 6.31. The van der Waals surface area contributed by atoms with Crippen LogP contribution in [0.25, 0.3) is 27.8 Å². The molecule has 0 amide bonds. The lowest BCUT2D eigenvalue weighted by Crippen LogP contribution is -2.08. The molecule has 0 spiro atoms. The SMILES string of the molecule is Nc1n[nH]c2nc3nc(=S)n(-c4ccccc4)c(N)c3cc12. The van der Waals surface area contributed by atoms with Gasteiger partial charge in [-0.25, -0.2) is 4.98 Å². The summed E-state index contributed by atoms with van der Waals surface area (Å²) in [4.78, 5) is 8.76. The Morgan fingerprint density at radius 3 is 2.59 bits per heavy atom. The first-order valence-electron chi connectivity index (χ1n) is 6.53. The van der Waals surface area contributed by atoms with Crippen LogP contribution in [0.15, 0.2) is 36.4 Å². The van der Waals surface area contributed by atoms with Gasteiger partial charge in [-0.2, -0.15) is 10.1 Å². The third kappa shape index (κ3) is 1.74. The van der Waals surface area contributed by atoms with Gasteiger partial charge in [0.25, 0.3) is 0 Å². The minimum atomic E-state index is 0.343. The van der Waals surface area contributed by atoms with E-state index in [9.17, 15) is 0 Å². The highest BCUT2D eigenvalue weighted by Crippen LogP contribution is 2.26. The summed E-state index contributed by atoms with van der Waals surface area (Å²) in [7, 11) is 0. The van der Waals surface area contributed by atoms with Crippen molar-refractivity contribution in [2.24, 2.45) is 0 Å². The third-order valence-corrected chi connectivity index (χ3v) is 3.76. The molecule has 108 valence electrons. The molecule has 0 atom stereocenters. The maximum absolute atomic E-state index is 6.31. The van der Waals surface area contributed by atoms with E-state index in [0.29, 0.717) is 38.5 Å². The first kappa shape index (κ1) is 12.7. The number of hydrogen-bond donors (Lipinski definition) is 3. The summed E-state index contributed by atoms with van der Waals surface area (Å²) >= 11 is 5.36. The first-order chi connectivity index (χ1) is 10.6. The number of aromatic nitrogens is 5. The Kier molecular flexibility index (Phi) is 2.60. The van der Waals surface area contributed by atoms with Crippen LogP contribution in [-0.4, -0.2) is 24.7 Å². The molecular weight excluding hydrogens is 298 g/mol. The van der Waals surface area contributed by atoms with E-state index >= 15 is 0 Å². The molecule has 7 nitrogen and oxygen atoms in total. The van der Waals surface area contributed by atoms with Crippen LogP contribution >= 0.6 is 12.2 Å². The minimum absolute atomic E-state index is 0.343. The number of rotatable bonds is 1. The maximum Gasteiger partial charge on any atom is 0.207 e. The van der Waals surface area contributed by atoms with Crippen molar-refractivity contribution < 1.29 is 0 Å². The van der Waals surface area contributed by atoms with E-state index < -0.39 is 0 Å². The van der Waals surface area contributed by atoms with Gasteiger partial charge in [0.15, 0.2) is 17.1 Å². The summed E-state index contributed by atoms with van der Waals surface area (Å²) in [5.74, 6) is 0.841. The van der Waals surface area contributed by atoms with Crippen LogP contribution in [-0.2, 0) is 0 Å². The fourth-order valence-electron chi connectivity index (χ4n) is 2.42. The molecule has 22 heavy (non-hydrogen) atoms. The van der Waals surface area contributed by atoms with Gasteiger partial charge in [-0.05, 0) is 30.4 Å². The highest BCUT2D eigenvalue weighted by atomic mass is 32.1. The zero-order chi connectivity index (χ0) is 15.3. The second kappa shape index (κ2) is 4.50. The average Bonchev–Trinajstić information content (AvgIpc) is 2.87. The Bertz CT molecular complexity index is 1070. The van der Waals surface area contributed by atoms with E-state index in [1.807, 2.05) is 36.4 Å². The summed E-state index contributed by atoms with van der Waals surface area (Å²) in [5, 5.41) is 8.08. The van der Waals surface area contributed by atoms with Gasteiger partial charge in [0.2, 0.25) is 4.77 Å². The topological polar surface area (TPSA) is 111 Å². The number of fused-ring (bicyclic) bond motifs is 2. The molecule has 0 fully saturated rings. The Hall–Kier alpha value is -3.00. The van der Waals surface area contributed by atoms with Gasteiger partial charge in [0.1, 0.15) is 5.82 Å². The largest absolute Gasteiger partial charge is 0.384 e. The molecule has 5 N–H and O–H groups in total. The van der Waals surface area contributed by atoms with Crippen molar-refractivity contribution in [2.75, 3.05) is 11.5 Å². The smallest absolute Gasteiger partial charge is 0.207 e. The van der Waals surface area contributed by atoms with Crippen molar-refractivity contribution in [1.29, 1.82) is 0 Å². The predicted molar refractivity (Wildman–Crippen MR) is 88.2 cm³/mol. The van der Waals surface area contributed by atoms with E-state index in [-0.39, 0.29) is 0 Å². The molecule has 0 unspecified atom stereocenters. The number of anilines is 2. The van der Waals surface area contributed by atoms with Crippen LogP contribution in [0, 0.1) is 4.77 Å². The van der Waals surface area contributed by atoms with Gasteiger partial charge in [0.05, 0.1) is 10.8 Å². The molecule has 4 rings (SSSR count). The fourth-order valence-corrected chi connectivity index (χ4v) is 2.71. The molecule has 8 heteroatoms. The lowest BCUT2D eigenvalue weighted by atomic mass is 10.2. The van der Waals surface area contributed by atoms with Crippen molar-refractivity contribution in [1.82, 2.24) is 24.7 Å². The third-order valence-electron chi connectivity index (χ3n) is 3.48. The molecule has 1 aromatic carbocycles. The van der Waals surface area contributed by atoms with Crippen molar-refractivity contribution in [3.63, 3.8) is 0 Å². The highest BCUT2D eigenvalue weighted by Gasteiger charge is 2.13.